The smallest absolute Gasteiger partial charge is 0.186 e. The average molecular weight is 239 g/mol. The first-order valence-corrected chi connectivity index (χ1v) is 5.67. The molecule has 17 heavy (non-hydrogen) atoms. The first kappa shape index (κ1) is 12.2. The number of anilines is 1. The lowest BCUT2D eigenvalue weighted by Crippen LogP contribution is -2.45. The van der Waals surface area contributed by atoms with Gasteiger partial charge >= 0.3 is 0 Å². The van der Waals surface area contributed by atoms with Crippen LogP contribution < -0.4 is 5.73 Å². The average Bonchev–Trinajstić information content (AvgIpc) is 2.28. The Labute approximate surface area is 100 Å². The van der Waals surface area contributed by atoms with Crippen LogP contribution in [0.2, 0.25) is 0 Å². The third kappa shape index (κ3) is 2.37. The summed E-state index contributed by atoms with van der Waals surface area (Å²) < 4.78 is 13.4. The van der Waals surface area contributed by atoms with Gasteiger partial charge in [0, 0.05) is 19.6 Å². The van der Waals surface area contributed by atoms with Gasteiger partial charge in [0.15, 0.2) is 11.6 Å². The van der Waals surface area contributed by atoms with Crippen LogP contribution in [0.5, 0.6) is 0 Å². The van der Waals surface area contributed by atoms with E-state index in [1.165, 1.54) is 0 Å². The molecule has 0 saturated carbocycles. The van der Waals surface area contributed by atoms with Crippen LogP contribution in [0.3, 0.4) is 0 Å². The van der Waals surface area contributed by atoms with Crippen molar-refractivity contribution in [1.82, 2.24) is 19.8 Å². The number of aryl methyl sites for hydroxylation is 1. The summed E-state index contributed by atoms with van der Waals surface area (Å²) in [5.74, 6) is 0.0325. The second kappa shape index (κ2) is 4.54. The van der Waals surface area contributed by atoms with Gasteiger partial charge in [-0.25, -0.2) is 14.4 Å². The third-order valence-corrected chi connectivity index (χ3v) is 3.21. The summed E-state index contributed by atoms with van der Waals surface area (Å²) in [5.41, 5.74) is 5.86. The molecule has 0 radical (unpaired) electrons. The maximum Gasteiger partial charge on any atom is 0.186 e. The maximum atomic E-state index is 13.4. The Morgan fingerprint density at radius 2 is 2.00 bits per heavy atom. The van der Waals surface area contributed by atoms with Crippen LogP contribution in [0.25, 0.3) is 0 Å². The molecule has 2 heterocycles. The molecule has 1 saturated heterocycles. The molecule has 0 spiro atoms. The lowest BCUT2D eigenvalue weighted by Gasteiger charge is -2.36. The fourth-order valence-electron chi connectivity index (χ4n) is 2.04. The SMILES string of the molecule is Cc1nc(C2CN(C)CCN2C)nc(N)c1F. The summed E-state index contributed by atoms with van der Waals surface area (Å²) in [5, 5.41) is 0. The van der Waals surface area contributed by atoms with Gasteiger partial charge in [-0.1, -0.05) is 0 Å². The molecule has 1 unspecified atom stereocenters. The molecule has 1 aliphatic heterocycles. The van der Waals surface area contributed by atoms with E-state index in [4.69, 9.17) is 5.73 Å². The van der Waals surface area contributed by atoms with Gasteiger partial charge in [0.2, 0.25) is 0 Å². The Bertz CT molecular complexity index is 399. The van der Waals surface area contributed by atoms with Crippen LogP contribution in [0.1, 0.15) is 17.6 Å². The summed E-state index contributed by atoms with van der Waals surface area (Å²) >= 11 is 0. The largest absolute Gasteiger partial charge is 0.381 e. The van der Waals surface area contributed by atoms with Crippen molar-refractivity contribution in [3.8, 4) is 0 Å². The lowest BCUT2D eigenvalue weighted by molar-refractivity contribution is 0.109. The van der Waals surface area contributed by atoms with Crippen molar-refractivity contribution in [3.63, 3.8) is 0 Å². The molecule has 2 rings (SSSR count). The predicted octanol–water partition coefficient (Wildman–Crippen LogP) is 0.425. The Hall–Kier alpha value is -1.27. The summed E-state index contributed by atoms with van der Waals surface area (Å²) in [7, 11) is 4.08. The molecular weight excluding hydrogens is 221 g/mol. The van der Waals surface area contributed by atoms with Crippen molar-refractivity contribution < 1.29 is 4.39 Å². The Morgan fingerprint density at radius 3 is 2.65 bits per heavy atom. The number of piperazine rings is 1. The van der Waals surface area contributed by atoms with Crippen molar-refractivity contribution >= 4 is 5.82 Å². The van der Waals surface area contributed by atoms with Crippen LogP contribution in [0.15, 0.2) is 0 Å². The fourth-order valence-corrected chi connectivity index (χ4v) is 2.04. The van der Waals surface area contributed by atoms with E-state index in [0.29, 0.717) is 11.5 Å². The van der Waals surface area contributed by atoms with E-state index in [1.807, 2.05) is 7.05 Å². The van der Waals surface area contributed by atoms with E-state index in [2.05, 4.69) is 26.8 Å². The zero-order chi connectivity index (χ0) is 12.6. The van der Waals surface area contributed by atoms with Crippen LogP contribution in [0, 0.1) is 12.7 Å². The minimum Gasteiger partial charge on any atom is -0.381 e. The lowest BCUT2D eigenvalue weighted by atomic mass is 10.1. The first-order valence-electron chi connectivity index (χ1n) is 5.67. The highest BCUT2D eigenvalue weighted by Gasteiger charge is 2.27. The van der Waals surface area contributed by atoms with Gasteiger partial charge in [-0.3, -0.25) is 4.90 Å². The summed E-state index contributed by atoms with van der Waals surface area (Å²) in [4.78, 5) is 12.7. The van der Waals surface area contributed by atoms with E-state index in [-0.39, 0.29) is 11.9 Å². The minimum atomic E-state index is -0.513. The second-order valence-corrected chi connectivity index (χ2v) is 4.63. The molecule has 1 fully saturated rings. The van der Waals surface area contributed by atoms with Crippen molar-refractivity contribution in [2.45, 2.75) is 13.0 Å². The molecule has 1 atom stereocenters. The molecular formula is C11H18FN5. The van der Waals surface area contributed by atoms with E-state index in [0.717, 1.165) is 19.6 Å². The first-order chi connectivity index (χ1) is 7.99. The van der Waals surface area contributed by atoms with Gasteiger partial charge in [0.1, 0.15) is 5.82 Å². The molecule has 1 aromatic heterocycles. The summed E-state index contributed by atoms with van der Waals surface area (Å²) in [6, 6.07) is 0.0790. The highest BCUT2D eigenvalue weighted by Crippen LogP contribution is 2.22. The summed E-state index contributed by atoms with van der Waals surface area (Å²) in [6.45, 7) is 4.41. The van der Waals surface area contributed by atoms with Gasteiger partial charge in [-0.15, -0.1) is 0 Å². The van der Waals surface area contributed by atoms with E-state index < -0.39 is 5.82 Å². The van der Waals surface area contributed by atoms with Gasteiger partial charge in [-0.05, 0) is 21.0 Å². The Kier molecular flexibility index (Phi) is 3.26. The standard InChI is InChI=1S/C11H18FN5/c1-7-9(12)10(13)15-11(14-7)8-6-16(2)4-5-17(8)3/h8H,4-6H2,1-3H3,(H2,13,14,15). The fraction of sp³-hybridized carbons (Fsp3) is 0.636. The molecule has 6 heteroatoms. The zero-order valence-corrected chi connectivity index (χ0v) is 10.4. The number of halogens is 1. The maximum absolute atomic E-state index is 13.4. The molecule has 5 nitrogen and oxygen atoms in total. The Balaban J connectivity index is 2.32. The van der Waals surface area contributed by atoms with E-state index >= 15 is 0 Å². The highest BCUT2D eigenvalue weighted by atomic mass is 19.1. The number of hydrogen-bond donors (Lipinski definition) is 1. The highest BCUT2D eigenvalue weighted by molar-refractivity contribution is 5.32. The second-order valence-electron chi connectivity index (χ2n) is 4.63. The number of nitrogens with zero attached hydrogens (tertiary/aromatic N) is 4. The molecule has 0 bridgehead atoms. The molecule has 1 aromatic rings. The van der Waals surface area contributed by atoms with E-state index in [9.17, 15) is 4.39 Å². The van der Waals surface area contributed by atoms with Gasteiger partial charge in [0.05, 0.1) is 11.7 Å². The number of rotatable bonds is 1. The molecule has 2 N–H and O–H groups in total. The molecule has 0 amide bonds. The molecule has 0 aromatic carbocycles. The Morgan fingerprint density at radius 1 is 1.29 bits per heavy atom. The zero-order valence-electron chi connectivity index (χ0n) is 10.4. The van der Waals surface area contributed by atoms with Crippen molar-refractivity contribution in [1.29, 1.82) is 0 Å². The molecule has 0 aliphatic carbocycles. The summed E-state index contributed by atoms with van der Waals surface area (Å²) in [6.07, 6.45) is 0. The minimum absolute atomic E-state index is 0.0610. The van der Waals surface area contributed by atoms with Crippen molar-refractivity contribution in [2.24, 2.45) is 0 Å². The van der Waals surface area contributed by atoms with E-state index in [1.54, 1.807) is 6.92 Å². The van der Waals surface area contributed by atoms with Crippen molar-refractivity contribution in [2.75, 3.05) is 39.5 Å². The normalized spacial score (nSPS) is 22.9. The van der Waals surface area contributed by atoms with Crippen LogP contribution >= 0.6 is 0 Å². The molecule has 1 aliphatic rings. The number of nitrogen functional groups attached to an aromatic ring is 1. The van der Waals surface area contributed by atoms with Gasteiger partial charge in [0.25, 0.3) is 0 Å². The van der Waals surface area contributed by atoms with Crippen LogP contribution in [-0.2, 0) is 0 Å². The van der Waals surface area contributed by atoms with Crippen LogP contribution in [-0.4, -0.2) is 53.5 Å². The predicted molar refractivity (Wildman–Crippen MR) is 64.0 cm³/mol. The van der Waals surface area contributed by atoms with Crippen molar-refractivity contribution in [3.05, 3.63) is 17.3 Å². The number of aromatic nitrogens is 2. The number of likely N-dealkylation sites (N-methyl/N-ethyl adjacent to an activating group) is 2. The van der Waals surface area contributed by atoms with Gasteiger partial charge < -0.3 is 10.6 Å². The molecule has 94 valence electrons. The third-order valence-electron chi connectivity index (χ3n) is 3.21. The number of hydrogen-bond acceptors (Lipinski definition) is 5. The van der Waals surface area contributed by atoms with Gasteiger partial charge in [-0.2, -0.15) is 0 Å². The quantitative estimate of drug-likeness (QED) is 0.770. The monoisotopic (exact) mass is 239 g/mol. The van der Waals surface area contributed by atoms with Crippen LogP contribution in [0.4, 0.5) is 10.2 Å². The number of nitrogens with two attached hydrogens (primary N) is 1. The topological polar surface area (TPSA) is 58.3 Å².